The van der Waals surface area contributed by atoms with Gasteiger partial charge < -0.3 is 24.4 Å². The van der Waals surface area contributed by atoms with Gasteiger partial charge in [0.25, 0.3) is 20.2 Å². The average molecular weight is 1130 g/mol. The lowest BCUT2D eigenvalue weighted by Crippen LogP contribution is -2.34. The van der Waals surface area contributed by atoms with Gasteiger partial charge in [-0.15, -0.1) is 0 Å². The fourth-order valence-corrected chi connectivity index (χ4v) is 12.1. The molecule has 0 saturated heterocycles. The first-order valence-electron chi connectivity index (χ1n) is 28.5. The third kappa shape index (κ3) is 17.9. The molecule has 1 aliphatic carbocycles. The molecule has 0 bridgehead atoms. The van der Waals surface area contributed by atoms with Crippen molar-refractivity contribution in [2.24, 2.45) is 0 Å². The van der Waals surface area contributed by atoms with Crippen molar-refractivity contribution >= 4 is 54.8 Å². The van der Waals surface area contributed by atoms with E-state index in [-0.39, 0.29) is 28.3 Å². The Bertz CT molecular complexity index is 3010. The molecule has 0 aromatic heterocycles. The van der Waals surface area contributed by atoms with E-state index in [2.05, 4.69) is 109 Å². The first-order valence-corrected chi connectivity index (χ1v) is 31.5. The quantitative estimate of drug-likeness (QED) is 0.0339. The summed E-state index contributed by atoms with van der Waals surface area (Å²) >= 11 is 0. The van der Waals surface area contributed by atoms with Crippen LogP contribution in [0.1, 0.15) is 167 Å². The van der Waals surface area contributed by atoms with E-state index in [0.717, 1.165) is 86.8 Å². The molecule has 2 aliphatic heterocycles. The topological polar surface area (TPSA) is 189 Å². The van der Waals surface area contributed by atoms with Crippen molar-refractivity contribution in [3.8, 4) is 0 Å². The molecule has 0 saturated carbocycles. The standard InChI is InChI=1S/C63H87N3O11S2/c1-10-11-14-37-65-55-32-24-46(2)44-53(55)62(6,7)57(65)34-29-48-20-17-21-49(30-35-58-63(8,9)54-45-52(79(72,73)74)31-33-56(54)66(58)38-15-16-43-78(69,70)71)59(48)50-27-25-47(26-28-50)19-12-13-22-51(67)23-18-39-75-41-42-76-40-36-64-60(68)77-61(3,4)5/h24-35,44-45H,10-23,36-43H2,1-9H3,(H2-,64,68,69,70,71,72,73,74)/p+1. The van der Waals surface area contributed by atoms with Crippen LogP contribution in [0.15, 0.2) is 107 Å². The summed E-state index contributed by atoms with van der Waals surface area (Å²) in [4.78, 5) is 26.4. The molecule has 0 fully saturated rings. The number of nitrogens with one attached hydrogen (secondary N) is 1. The Hall–Kier alpha value is -5.23. The Labute approximate surface area is 472 Å². The van der Waals surface area contributed by atoms with Crippen LogP contribution in [-0.2, 0) is 56.5 Å². The summed E-state index contributed by atoms with van der Waals surface area (Å²) in [5.41, 5.74) is 12.0. The maximum atomic E-state index is 12.8. The summed E-state index contributed by atoms with van der Waals surface area (Å²) in [5.74, 6) is -0.127. The Morgan fingerprint density at radius 1 is 0.772 bits per heavy atom. The summed E-state index contributed by atoms with van der Waals surface area (Å²) in [7, 11) is -8.63. The lowest BCUT2D eigenvalue weighted by atomic mass is 9.79. The molecule has 16 heteroatoms. The van der Waals surface area contributed by atoms with Crippen LogP contribution in [0.4, 0.5) is 16.2 Å². The number of allylic oxidation sites excluding steroid dienone is 8. The van der Waals surface area contributed by atoms with E-state index in [1.54, 1.807) is 6.07 Å². The fraction of sp³-hybridized carbons (Fsp3) is 0.540. The summed E-state index contributed by atoms with van der Waals surface area (Å²) in [6.07, 6.45) is 19.5. The van der Waals surface area contributed by atoms with Crippen LogP contribution < -0.4 is 10.2 Å². The molecule has 0 unspecified atom stereocenters. The van der Waals surface area contributed by atoms with Crippen molar-refractivity contribution in [1.82, 2.24) is 5.32 Å². The van der Waals surface area contributed by atoms with Gasteiger partial charge in [0.15, 0.2) is 5.71 Å². The number of unbranched alkanes of at least 4 members (excludes halogenated alkanes) is 4. The van der Waals surface area contributed by atoms with E-state index < -0.39 is 37.3 Å². The van der Waals surface area contributed by atoms with Crippen molar-refractivity contribution in [2.45, 2.75) is 174 Å². The van der Waals surface area contributed by atoms with Crippen LogP contribution in [0.3, 0.4) is 0 Å². The van der Waals surface area contributed by atoms with Gasteiger partial charge in [0.1, 0.15) is 17.9 Å². The molecule has 432 valence electrons. The second-order valence-electron chi connectivity index (χ2n) is 23.3. The number of ketones is 1. The maximum absolute atomic E-state index is 12.8. The molecule has 3 N–H and O–H groups in total. The van der Waals surface area contributed by atoms with Gasteiger partial charge in [-0.25, -0.2) is 4.79 Å². The number of benzene rings is 3. The zero-order chi connectivity index (χ0) is 57.6. The van der Waals surface area contributed by atoms with Gasteiger partial charge >= 0.3 is 6.09 Å². The molecular formula is C63H88N3O11S2+. The molecule has 0 atom stereocenters. The first kappa shape index (κ1) is 63.0. The largest absolute Gasteiger partial charge is 0.444 e. The molecule has 3 aliphatic rings. The van der Waals surface area contributed by atoms with Gasteiger partial charge in [-0.05, 0) is 170 Å². The van der Waals surface area contributed by atoms with Crippen LogP contribution in [-0.4, -0.2) is 106 Å². The molecule has 3 aromatic rings. The van der Waals surface area contributed by atoms with E-state index in [4.69, 9.17) is 14.2 Å². The minimum Gasteiger partial charge on any atom is -0.444 e. The van der Waals surface area contributed by atoms with Crippen LogP contribution in [0.2, 0.25) is 0 Å². The number of rotatable bonds is 29. The Kier molecular flexibility index (Phi) is 22.3. The summed E-state index contributed by atoms with van der Waals surface area (Å²) in [6, 6.07) is 20.3. The van der Waals surface area contributed by atoms with Crippen LogP contribution in [0.25, 0.3) is 5.57 Å². The van der Waals surface area contributed by atoms with Crippen molar-refractivity contribution in [3.05, 3.63) is 130 Å². The molecule has 0 radical (unpaired) electrons. The highest BCUT2D eigenvalue weighted by molar-refractivity contribution is 7.86. The smallest absolute Gasteiger partial charge is 0.407 e. The number of ether oxygens (including phenoxy) is 3. The predicted octanol–water partition coefficient (Wildman–Crippen LogP) is 12.9. The number of anilines is 1. The number of hydrogen-bond acceptors (Lipinski definition) is 10. The van der Waals surface area contributed by atoms with Crippen molar-refractivity contribution < 1.29 is 54.3 Å². The average Bonchev–Trinajstić information content (AvgIpc) is 3.86. The first-order chi connectivity index (χ1) is 37.3. The number of hydrogen-bond donors (Lipinski definition) is 3. The molecule has 14 nitrogen and oxygen atoms in total. The van der Waals surface area contributed by atoms with Gasteiger partial charge in [-0.2, -0.15) is 21.4 Å². The number of alkyl carbamates (subject to hydrolysis) is 1. The third-order valence-corrected chi connectivity index (χ3v) is 16.7. The number of nitrogens with zero attached hydrogens (tertiary/aromatic N) is 2. The van der Waals surface area contributed by atoms with E-state index >= 15 is 0 Å². The number of amides is 1. The normalized spacial score (nSPS) is 17.3. The number of carbonyl (C=O) groups is 2. The minimum absolute atomic E-state index is 0.192. The molecular weight excluding hydrogens is 1040 g/mol. The number of carbonyl (C=O) groups excluding carboxylic acids is 2. The summed E-state index contributed by atoms with van der Waals surface area (Å²) in [5, 5.41) is 2.66. The molecule has 79 heavy (non-hydrogen) atoms. The van der Waals surface area contributed by atoms with Gasteiger partial charge in [0.2, 0.25) is 5.69 Å². The number of Topliss-reactive ketones (excluding diaryl/α,β-unsaturated/α-hetero) is 1. The van der Waals surface area contributed by atoms with E-state index in [9.17, 15) is 35.5 Å². The van der Waals surface area contributed by atoms with E-state index in [0.29, 0.717) is 65.2 Å². The summed E-state index contributed by atoms with van der Waals surface area (Å²) in [6.45, 7) is 21.9. The van der Waals surface area contributed by atoms with Crippen LogP contribution in [0, 0.1) is 6.92 Å². The van der Waals surface area contributed by atoms with Crippen molar-refractivity contribution in [2.75, 3.05) is 56.7 Å². The van der Waals surface area contributed by atoms with Gasteiger partial charge in [0, 0.05) is 73.5 Å². The summed E-state index contributed by atoms with van der Waals surface area (Å²) < 4.78 is 86.6. The Morgan fingerprint density at radius 3 is 2.19 bits per heavy atom. The molecule has 1 amide bonds. The second-order valence-corrected chi connectivity index (χ2v) is 26.3. The highest BCUT2D eigenvalue weighted by atomic mass is 32.2. The van der Waals surface area contributed by atoms with Crippen LogP contribution in [0.5, 0.6) is 0 Å². The lowest BCUT2D eigenvalue weighted by molar-refractivity contribution is -0.438. The number of fused-ring (bicyclic) bond motifs is 2. The van der Waals surface area contributed by atoms with Gasteiger partial charge in [-0.1, -0.05) is 75.2 Å². The van der Waals surface area contributed by atoms with Crippen molar-refractivity contribution in [3.63, 3.8) is 0 Å². The lowest BCUT2D eigenvalue weighted by Gasteiger charge is -2.28. The van der Waals surface area contributed by atoms with E-state index in [1.807, 2.05) is 34.6 Å². The van der Waals surface area contributed by atoms with E-state index in [1.165, 1.54) is 56.9 Å². The SMILES string of the molecule is CCCCC[N+]1=C(/C=C/C2=C(c3ccc(CCCCC(=O)CCCOCCOCCNC(=O)OC(C)(C)C)cc3)C(=C/C=C3/N(CCCCS(=O)(=O)O)c4ccc(S(=O)(=O)O)cc4C3(C)C)/CCC2)C(C)(C)c2cc(C)ccc21. The van der Waals surface area contributed by atoms with Crippen LogP contribution >= 0.6 is 0 Å². The Balaban J connectivity index is 1.21. The number of aryl methyl sites for hydroxylation is 2. The predicted molar refractivity (Wildman–Crippen MR) is 316 cm³/mol. The van der Waals surface area contributed by atoms with Gasteiger partial charge in [0.05, 0.1) is 35.9 Å². The maximum Gasteiger partial charge on any atom is 0.407 e. The highest BCUT2D eigenvalue weighted by Gasteiger charge is 2.44. The monoisotopic (exact) mass is 1130 g/mol. The van der Waals surface area contributed by atoms with Crippen molar-refractivity contribution in [1.29, 1.82) is 0 Å². The zero-order valence-electron chi connectivity index (χ0n) is 48.4. The second kappa shape index (κ2) is 28.0. The minimum atomic E-state index is -4.48. The molecule has 2 heterocycles. The third-order valence-electron chi connectivity index (χ3n) is 15.1. The molecule has 3 aromatic carbocycles. The molecule has 0 spiro atoms. The fourth-order valence-electron chi connectivity index (χ4n) is 11.0. The molecule has 6 rings (SSSR count). The highest BCUT2D eigenvalue weighted by Crippen LogP contribution is 2.49. The Morgan fingerprint density at radius 2 is 1.49 bits per heavy atom. The zero-order valence-corrected chi connectivity index (χ0v) is 50.1. The van der Waals surface area contributed by atoms with Gasteiger partial charge in [-0.3, -0.25) is 13.9 Å².